The summed E-state index contributed by atoms with van der Waals surface area (Å²) in [7, 11) is 0. The first kappa shape index (κ1) is 44.2. The van der Waals surface area contributed by atoms with E-state index in [0.717, 1.165) is 11.1 Å². The lowest BCUT2D eigenvalue weighted by Gasteiger charge is -2.32. The average molecular weight is 791 g/mol. The van der Waals surface area contributed by atoms with Gasteiger partial charge in [0, 0.05) is 31.5 Å². The average Bonchev–Trinajstić information content (AvgIpc) is 3.90. The Morgan fingerprint density at radius 1 is 0.895 bits per heavy atom. The number of carbonyl (C=O) groups is 6. The van der Waals surface area contributed by atoms with Crippen molar-refractivity contribution >= 4 is 41.8 Å². The van der Waals surface area contributed by atoms with Crippen molar-refractivity contribution in [1.29, 1.82) is 0 Å². The number of aromatic hydroxyl groups is 1. The predicted octanol–water partition coefficient (Wildman–Crippen LogP) is 1.00. The molecule has 57 heavy (non-hydrogen) atoms. The van der Waals surface area contributed by atoms with Gasteiger partial charge >= 0.3 is 5.97 Å². The fourth-order valence-electron chi connectivity index (χ4n) is 6.97. The highest BCUT2D eigenvalue weighted by Crippen LogP contribution is 2.22. The van der Waals surface area contributed by atoms with Gasteiger partial charge in [0.1, 0.15) is 29.9 Å². The molecular formula is C41H58N8O8. The van der Waals surface area contributed by atoms with E-state index in [-0.39, 0.29) is 55.9 Å². The molecule has 0 bridgehead atoms. The van der Waals surface area contributed by atoms with Crippen molar-refractivity contribution in [2.75, 3.05) is 13.1 Å². The van der Waals surface area contributed by atoms with Crippen LogP contribution in [0.5, 0.6) is 5.75 Å². The van der Waals surface area contributed by atoms with Crippen molar-refractivity contribution < 1.29 is 39.0 Å². The normalized spacial score (nSPS) is 19.4. The van der Waals surface area contributed by atoms with E-state index in [4.69, 9.17) is 5.73 Å². The summed E-state index contributed by atoms with van der Waals surface area (Å²) in [4.78, 5) is 86.5. The van der Waals surface area contributed by atoms with Crippen LogP contribution in [-0.2, 0) is 41.6 Å². The maximum Gasteiger partial charge on any atom is 0.326 e. The van der Waals surface area contributed by atoms with Crippen molar-refractivity contribution in [2.45, 2.75) is 115 Å². The summed E-state index contributed by atoms with van der Waals surface area (Å²) in [6.07, 6.45) is 3.12. The van der Waals surface area contributed by atoms with Gasteiger partial charge in [-0.1, -0.05) is 76.6 Å². The summed E-state index contributed by atoms with van der Waals surface area (Å²) in [6.45, 7) is 7.90. The molecule has 8 unspecified atom stereocenters. The topological polar surface area (TPSA) is 245 Å². The van der Waals surface area contributed by atoms with E-state index in [9.17, 15) is 39.0 Å². The molecule has 9 N–H and O–H groups in total. The third-order valence-corrected chi connectivity index (χ3v) is 10.6. The zero-order valence-corrected chi connectivity index (χ0v) is 33.1. The number of carboxylic acid groups (broad SMARTS) is 1. The third-order valence-electron chi connectivity index (χ3n) is 10.6. The number of benzene rings is 2. The molecule has 2 heterocycles. The number of amides is 5. The summed E-state index contributed by atoms with van der Waals surface area (Å²) in [6, 6.07) is 9.22. The summed E-state index contributed by atoms with van der Waals surface area (Å²) in [5, 5.41) is 34.0. The summed E-state index contributed by atoms with van der Waals surface area (Å²) in [5.41, 5.74) is 7.59. The minimum atomic E-state index is -1.21. The number of likely N-dealkylation sites (tertiary alicyclic amines) is 1. The smallest absolute Gasteiger partial charge is 0.326 e. The van der Waals surface area contributed by atoms with E-state index < -0.39 is 71.8 Å². The first-order valence-corrected chi connectivity index (χ1v) is 19.7. The van der Waals surface area contributed by atoms with E-state index in [1.165, 1.54) is 23.4 Å². The maximum atomic E-state index is 14.3. The number of rotatable bonds is 20. The number of aliphatic imine (C=N–C) groups is 1. The lowest BCUT2D eigenvalue weighted by atomic mass is 9.96. The van der Waals surface area contributed by atoms with Crippen molar-refractivity contribution in [2.24, 2.45) is 22.6 Å². The van der Waals surface area contributed by atoms with Crippen molar-refractivity contribution in [3.63, 3.8) is 0 Å². The number of carbonyl (C=O) groups excluding carboxylic acids is 5. The molecule has 2 aromatic rings. The fourth-order valence-corrected chi connectivity index (χ4v) is 6.97. The summed E-state index contributed by atoms with van der Waals surface area (Å²) < 4.78 is 0. The molecule has 5 amide bonds. The van der Waals surface area contributed by atoms with Crippen molar-refractivity contribution in [3.05, 3.63) is 65.7 Å². The van der Waals surface area contributed by atoms with Crippen LogP contribution in [0.3, 0.4) is 0 Å². The van der Waals surface area contributed by atoms with Crippen LogP contribution in [0.2, 0.25) is 0 Å². The van der Waals surface area contributed by atoms with Crippen LogP contribution in [0.1, 0.15) is 70.9 Å². The Labute approximate surface area is 333 Å². The lowest BCUT2D eigenvalue weighted by molar-refractivity contribution is -0.145. The minimum Gasteiger partial charge on any atom is -0.508 e. The van der Waals surface area contributed by atoms with E-state index >= 15 is 0 Å². The molecule has 1 saturated heterocycles. The number of hydrogen-bond acceptors (Lipinski definition) is 10. The van der Waals surface area contributed by atoms with Gasteiger partial charge < -0.3 is 47.4 Å². The molecule has 2 aliphatic rings. The molecule has 1 fully saturated rings. The Kier molecular flexibility index (Phi) is 16.4. The Balaban J connectivity index is 1.49. The molecule has 0 saturated carbocycles. The quantitative estimate of drug-likeness (QED) is 0.0946. The van der Waals surface area contributed by atoms with Crippen molar-refractivity contribution in [3.8, 4) is 5.75 Å². The number of nitrogens with one attached hydrogen (secondary N) is 5. The molecule has 0 aromatic heterocycles. The first-order chi connectivity index (χ1) is 27.2. The highest BCUT2D eigenvalue weighted by Gasteiger charge is 2.41. The van der Waals surface area contributed by atoms with Gasteiger partial charge in [-0.25, -0.2) is 4.79 Å². The van der Waals surface area contributed by atoms with Gasteiger partial charge in [0.2, 0.25) is 29.5 Å². The summed E-state index contributed by atoms with van der Waals surface area (Å²) >= 11 is 0. The second kappa shape index (κ2) is 21.1. The summed E-state index contributed by atoms with van der Waals surface area (Å²) in [5.74, 6) is -4.26. The van der Waals surface area contributed by atoms with Crippen LogP contribution in [0.4, 0.5) is 0 Å². The second-order valence-corrected chi connectivity index (χ2v) is 15.4. The van der Waals surface area contributed by atoms with Crippen LogP contribution < -0.4 is 32.3 Å². The maximum absolute atomic E-state index is 14.3. The molecule has 8 atom stereocenters. The van der Waals surface area contributed by atoms with Gasteiger partial charge in [-0.2, -0.15) is 0 Å². The van der Waals surface area contributed by atoms with Gasteiger partial charge in [-0.15, -0.1) is 0 Å². The largest absolute Gasteiger partial charge is 0.508 e. The zero-order valence-electron chi connectivity index (χ0n) is 33.1. The lowest BCUT2D eigenvalue weighted by Crippen LogP contribution is -2.59. The molecule has 16 heteroatoms. The van der Waals surface area contributed by atoms with E-state index in [0.29, 0.717) is 25.8 Å². The monoisotopic (exact) mass is 790 g/mol. The Hall–Kier alpha value is -5.51. The number of hydrogen-bond donors (Lipinski definition) is 8. The molecular weight excluding hydrogens is 732 g/mol. The third kappa shape index (κ3) is 13.0. The molecule has 310 valence electrons. The number of aliphatic carboxylic acids is 1. The molecule has 0 spiro atoms. The van der Waals surface area contributed by atoms with E-state index in [1.807, 2.05) is 26.8 Å². The fraction of sp³-hybridized carbons (Fsp3) is 0.537. The van der Waals surface area contributed by atoms with Gasteiger partial charge in [-0.05, 0) is 60.8 Å². The van der Waals surface area contributed by atoms with Crippen LogP contribution in [0.25, 0.3) is 0 Å². The SMILES string of the molecule is CCC(C)C(NC(=O)CC(Cc1ccc(O)cc1)NC(=O)C(N)C(C)C)C(=O)NC(CC1CN=CN1)C(=O)N1CCCC1C(=O)NC(Cc1ccccc1)C(=O)O. The van der Waals surface area contributed by atoms with Crippen LogP contribution >= 0.6 is 0 Å². The molecule has 16 nitrogen and oxygen atoms in total. The highest BCUT2D eigenvalue weighted by atomic mass is 16.4. The molecule has 0 radical (unpaired) electrons. The standard InChI is InChI=1S/C41H58N8O8/c1-5-25(4)36(48-34(51)21-28(45-38(53)35(42)24(2)3)18-27-13-15-30(50)16-14-27)39(54)46-31(20-29-22-43-23-44-29)40(55)49-17-9-12-33(49)37(52)47-32(41(56)57)19-26-10-7-6-8-11-26/h6-8,10-11,13-16,23-25,28-29,31-33,35-36,50H,5,9,12,17-22,42H2,1-4H3,(H,43,44)(H,45,53)(H,46,54)(H,47,52)(H,48,51)(H,56,57). The Bertz CT molecular complexity index is 1710. The Morgan fingerprint density at radius 2 is 1.58 bits per heavy atom. The molecule has 4 rings (SSSR count). The Morgan fingerprint density at radius 3 is 2.19 bits per heavy atom. The van der Waals surface area contributed by atoms with Gasteiger partial charge in [0.25, 0.3) is 0 Å². The van der Waals surface area contributed by atoms with Gasteiger partial charge in [0.05, 0.1) is 18.9 Å². The first-order valence-electron chi connectivity index (χ1n) is 19.7. The minimum absolute atomic E-state index is 0.0622. The van der Waals surface area contributed by atoms with Crippen LogP contribution in [0.15, 0.2) is 59.6 Å². The number of nitrogens with zero attached hydrogens (tertiary/aromatic N) is 2. The zero-order chi connectivity index (χ0) is 41.6. The second-order valence-electron chi connectivity index (χ2n) is 15.4. The predicted molar refractivity (Wildman–Crippen MR) is 214 cm³/mol. The number of phenols is 1. The van der Waals surface area contributed by atoms with E-state index in [1.54, 1.807) is 43.3 Å². The number of carboxylic acids is 1. The number of nitrogens with two attached hydrogens (primary N) is 1. The molecule has 0 aliphatic carbocycles. The molecule has 2 aliphatic heterocycles. The van der Waals surface area contributed by atoms with E-state index in [2.05, 4.69) is 31.6 Å². The van der Waals surface area contributed by atoms with Crippen molar-refractivity contribution in [1.82, 2.24) is 31.5 Å². The van der Waals surface area contributed by atoms with Gasteiger partial charge in [0.15, 0.2) is 0 Å². The molecule has 2 aromatic carbocycles. The van der Waals surface area contributed by atoms with Crippen LogP contribution in [0, 0.1) is 11.8 Å². The number of phenolic OH excluding ortho intramolecular Hbond substituents is 1. The van der Waals surface area contributed by atoms with Crippen LogP contribution in [-0.4, -0.2) is 112 Å². The van der Waals surface area contributed by atoms with Gasteiger partial charge in [-0.3, -0.25) is 29.0 Å². The highest BCUT2D eigenvalue weighted by molar-refractivity contribution is 5.95.